The van der Waals surface area contributed by atoms with E-state index in [1.165, 1.54) is 0 Å². The van der Waals surface area contributed by atoms with Crippen LogP contribution in [0.5, 0.6) is 0 Å². The molecule has 0 saturated heterocycles. The van der Waals surface area contributed by atoms with E-state index in [1.807, 2.05) is 0 Å². The van der Waals surface area contributed by atoms with Gasteiger partial charge in [0.1, 0.15) is 0 Å². The Balaban J connectivity index is 0. The van der Waals surface area contributed by atoms with E-state index in [2.05, 4.69) is 0 Å². The Morgan fingerprint density at radius 1 is 1.75 bits per heavy atom. The van der Waals surface area contributed by atoms with Gasteiger partial charge in [0.2, 0.25) is 0 Å². The molecule has 4 heteroatoms. The fraction of sp³-hybridized carbons (Fsp3) is 0. The second kappa shape index (κ2) is 15.0. The third-order valence-electron chi connectivity index (χ3n) is 0. The molecule has 0 aliphatic heterocycles. The zero-order chi connectivity index (χ0) is 2.71. The Morgan fingerprint density at radius 3 is 1.75 bits per heavy atom. The average Bonchev–Trinajstić information content (AvgIpc) is 0.918. The molecule has 0 aromatic carbocycles. The smallest absolute Gasteiger partial charge is 0.0772 e. The van der Waals surface area contributed by atoms with Crippen molar-refractivity contribution in [2.75, 3.05) is 0 Å². The summed E-state index contributed by atoms with van der Waals surface area (Å²) < 4.78 is 1.75. The van der Waals surface area contributed by atoms with Gasteiger partial charge in [0.05, 0.1) is 0 Å². The molecular formula is O3S. The molecule has 0 saturated carbocycles. The molecule has 0 bridgehead atoms. The summed E-state index contributed by atoms with van der Waals surface area (Å²) in [6, 6.07) is 0. The predicted octanol–water partition coefficient (Wildman–Crippen LogP) is -0.474. The fourth-order valence-corrected chi connectivity index (χ4v) is 0. The predicted molar refractivity (Wildman–Crippen MR) is 14.3 cm³/mol. The summed E-state index contributed by atoms with van der Waals surface area (Å²) in [7, 11) is 0. The molecule has 0 aromatic rings. The first-order chi connectivity index (χ1) is 1.41. The molecule has 0 aliphatic rings. The van der Waals surface area contributed by atoms with Gasteiger partial charge in [-0.05, 0) is 0 Å². The molecule has 0 spiro atoms. The van der Waals surface area contributed by atoms with Crippen LogP contribution in [0.15, 0.2) is 0 Å². The summed E-state index contributed by atoms with van der Waals surface area (Å²) in [4.78, 5) is 7.88. The minimum Gasteiger partial charge on any atom is -0.0772 e. The van der Waals surface area contributed by atoms with Crippen LogP contribution in [0.25, 0.3) is 0 Å². The van der Waals surface area contributed by atoms with Crippen molar-refractivity contribution in [3.63, 3.8) is 0 Å². The van der Waals surface area contributed by atoms with Crippen LogP contribution in [0.2, 0.25) is 0 Å². The monoisotopic (exact) mass is 80.0 g/mol. The van der Waals surface area contributed by atoms with Crippen LogP contribution < -0.4 is 5.26 Å². The molecule has 2 radical (unpaired) electrons. The van der Waals surface area contributed by atoms with E-state index in [9.17, 15) is 0 Å². The van der Waals surface area contributed by atoms with Crippen molar-refractivity contribution in [1.29, 1.82) is 0 Å². The molecule has 24 valence electrons. The Kier molecular flexibility index (Phi) is 34.7. The van der Waals surface area contributed by atoms with E-state index in [0.717, 1.165) is 0 Å². The molecule has 0 amide bonds. The van der Waals surface area contributed by atoms with Crippen molar-refractivity contribution in [2.45, 2.75) is 0 Å². The van der Waals surface area contributed by atoms with Gasteiger partial charge in [-0.3, -0.25) is 0 Å². The first-order valence-electron chi connectivity index (χ1n) is 0.333. The largest absolute Gasteiger partial charge is 0.154 e. The number of hydrogen-bond donors (Lipinski definition) is 0. The highest BCUT2D eigenvalue weighted by atomic mass is 32.1. The molecule has 0 heterocycles. The topological polar surface area (TPSA) is 51.4 Å². The lowest BCUT2D eigenvalue weighted by Gasteiger charge is -1.19. The Morgan fingerprint density at radius 2 is 1.75 bits per heavy atom. The SMILES string of the molecule is O=[O+][O-].[S]. The van der Waals surface area contributed by atoms with Crippen molar-refractivity contribution >= 4 is 13.5 Å². The molecule has 0 atom stereocenters. The summed E-state index contributed by atoms with van der Waals surface area (Å²) in [6.45, 7) is 0. The standard InChI is InChI=1S/O3.S/c1-3-2;. The average molecular weight is 80.1 g/mol. The van der Waals surface area contributed by atoms with E-state index in [1.54, 1.807) is 4.75 Å². The maximum absolute atomic E-state index is 7.88. The van der Waals surface area contributed by atoms with Crippen LogP contribution in [-0.2, 0) is 0 Å². The maximum atomic E-state index is 7.88. The van der Waals surface area contributed by atoms with Gasteiger partial charge in [-0.1, -0.05) is 10.2 Å². The third kappa shape index (κ3) is 15.7. The molecule has 0 aliphatic carbocycles. The highest BCUT2D eigenvalue weighted by Gasteiger charge is 1.27. The molecule has 3 nitrogen and oxygen atoms in total. The van der Waals surface area contributed by atoms with E-state index >= 15 is 0 Å². The number of hydrogen-bond acceptors (Lipinski definition) is 2. The summed E-state index contributed by atoms with van der Waals surface area (Å²) in [5, 5.41) is 7.88. The van der Waals surface area contributed by atoms with Gasteiger partial charge in [0.15, 0.2) is 4.75 Å². The normalized spacial score (nSPS) is 3.00. The lowest BCUT2D eigenvalue weighted by molar-refractivity contribution is -0.284. The van der Waals surface area contributed by atoms with E-state index < -0.39 is 0 Å². The van der Waals surface area contributed by atoms with Gasteiger partial charge < -0.3 is 0 Å². The zero-order valence-electron chi connectivity index (χ0n) is 1.63. The summed E-state index contributed by atoms with van der Waals surface area (Å²) in [5.41, 5.74) is 0. The van der Waals surface area contributed by atoms with Crippen LogP contribution in [0.4, 0.5) is 0 Å². The van der Waals surface area contributed by atoms with Crippen molar-refractivity contribution in [3.05, 3.63) is 9.71 Å². The Labute approximate surface area is 29.5 Å². The number of rotatable bonds is 0. The highest BCUT2D eigenvalue weighted by molar-refractivity contribution is 7.59. The molecule has 4 heavy (non-hydrogen) atoms. The van der Waals surface area contributed by atoms with Gasteiger partial charge in [0.25, 0.3) is 0 Å². The first kappa shape index (κ1) is 9.26. The maximum Gasteiger partial charge on any atom is 0.154 e. The Bertz CT molecular complexity index is 10.8. The third-order valence-corrected chi connectivity index (χ3v) is 0. The summed E-state index contributed by atoms with van der Waals surface area (Å²) in [6.07, 6.45) is 0. The minimum absolute atomic E-state index is 0. The second-order valence-electron chi connectivity index (χ2n) is 0.0680. The van der Waals surface area contributed by atoms with E-state index in [0.29, 0.717) is 0 Å². The van der Waals surface area contributed by atoms with Crippen LogP contribution in [0.1, 0.15) is 0 Å². The zero-order valence-corrected chi connectivity index (χ0v) is 2.45. The second-order valence-corrected chi connectivity index (χ2v) is 0.0680. The van der Waals surface area contributed by atoms with Crippen LogP contribution in [0.3, 0.4) is 0 Å². The molecule has 0 aromatic heterocycles. The van der Waals surface area contributed by atoms with Crippen LogP contribution >= 0.6 is 13.5 Å². The first-order valence-corrected chi connectivity index (χ1v) is 0.333. The van der Waals surface area contributed by atoms with E-state index in [-0.39, 0.29) is 13.5 Å². The summed E-state index contributed by atoms with van der Waals surface area (Å²) >= 11 is 0. The van der Waals surface area contributed by atoms with Gasteiger partial charge in [-0.15, -0.1) is 0 Å². The lowest BCUT2D eigenvalue weighted by atomic mass is 14.8. The van der Waals surface area contributed by atoms with Crippen molar-refractivity contribution < 1.29 is 5.26 Å². The quantitative estimate of drug-likeness (QED) is 0.224. The molecule has 0 unspecified atom stereocenters. The van der Waals surface area contributed by atoms with Crippen LogP contribution in [-0.4, -0.2) is 0 Å². The van der Waals surface area contributed by atoms with Crippen molar-refractivity contribution in [2.24, 2.45) is 0 Å². The lowest BCUT2D eigenvalue weighted by Crippen LogP contribution is -1.82. The van der Waals surface area contributed by atoms with E-state index in [4.69, 9.17) is 10.2 Å². The molecule has 0 rings (SSSR count). The van der Waals surface area contributed by atoms with Gasteiger partial charge in [-0.2, -0.15) is 0 Å². The van der Waals surface area contributed by atoms with Gasteiger partial charge in [-0.25, -0.2) is 0 Å². The van der Waals surface area contributed by atoms with Crippen molar-refractivity contribution in [3.8, 4) is 0 Å². The Hall–Kier alpha value is -0.250. The highest BCUT2D eigenvalue weighted by Crippen LogP contribution is 1.00. The fourth-order valence-electron chi connectivity index (χ4n) is 0. The van der Waals surface area contributed by atoms with Gasteiger partial charge in [0, 0.05) is 13.5 Å². The molecular weight excluding hydrogens is 80.1 g/mol. The molecule has 0 fully saturated rings. The van der Waals surface area contributed by atoms with Crippen molar-refractivity contribution in [1.82, 2.24) is 0 Å². The molecule has 0 N–H and O–H groups in total. The van der Waals surface area contributed by atoms with Gasteiger partial charge >= 0.3 is 0 Å². The summed E-state index contributed by atoms with van der Waals surface area (Å²) in [5.74, 6) is 0. The minimum atomic E-state index is 0. The van der Waals surface area contributed by atoms with Crippen LogP contribution in [0, 0.1) is 9.71 Å².